The molecule has 5 aliphatic heterocycles. The summed E-state index contributed by atoms with van der Waals surface area (Å²) >= 11 is 0. The summed E-state index contributed by atoms with van der Waals surface area (Å²) in [6.45, 7) is 36.7. The predicted octanol–water partition coefficient (Wildman–Crippen LogP) is 12.5. The summed E-state index contributed by atoms with van der Waals surface area (Å²) in [6.07, 6.45) is 15.1. The second-order valence-corrected chi connectivity index (χ2v) is 18.3. The van der Waals surface area contributed by atoms with E-state index in [1.54, 1.807) is 0 Å². The summed E-state index contributed by atoms with van der Waals surface area (Å²) in [5.74, 6) is 1.67. The van der Waals surface area contributed by atoms with Crippen molar-refractivity contribution in [3.63, 3.8) is 0 Å². The molecule has 1 unspecified atom stereocenters. The van der Waals surface area contributed by atoms with Crippen molar-refractivity contribution in [2.75, 3.05) is 0 Å². The van der Waals surface area contributed by atoms with Crippen molar-refractivity contribution in [1.82, 2.24) is 5.32 Å². The van der Waals surface area contributed by atoms with Crippen LogP contribution in [0, 0.1) is 45.3 Å². The van der Waals surface area contributed by atoms with Gasteiger partial charge in [0.15, 0.2) is 0 Å². The first-order chi connectivity index (χ1) is 23.1. The lowest BCUT2D eigenvalue weighted by atomic mass is 9.56. The Morgan fingerprint density at radius 1 is 0.714 bits per heavy atom. The number of hydrogen-bond acceptors (Lipinski definition) is 4. The third kappa shape index (κ3) is 5.36. The van der Waals surface area contributed by atoms with Gasteiger partial charge in [0.25, 0.3) is 0 Å². The first kappa shape index (κ1) is 38.3. The molecule has 274 valence electrons. The van der Waals surface area contributed by atoms with Crippen LogP contribution in [0.5, 0.6) is 0 Å². The second kappa shape index (κ2) is 13.5. The fourth-order valence-corrected chi connectivity index (χ4v) is 12.0. The summed E-state index contributed by atoms with van der Waals surface area (Å²) in [7, 11) is 0. The highest BCUT2D eigenvalue weighted by Crippen LogP contribution is 2.62. The van der Waals surface area contributed by atoms with E-state index >= 15 is 0 Å². The summed E-state index contributed by atoms with van der Waals surface area (Å²) in [5.41, 5.74) is 10.5. The number of rotatable bonds is 11. The monoisotopic (exact) mass is 671 g/mol. The Kier molecular flexibility index (Phi) is 10.6. The summed E-state index contributed by atoms with van der Waals surface area (Å²) in [5, 5.41) is 4.19. The van der Waals surface area contributed by atoms with E-state index < -0.39 is 0 Å². The number of allylic oxidation sites excluding steroid dienone is 6. The van der Waals surface area contributed by atoms with Gasteiger partial charge in [0.05, 0.1) is 11.6 Å². The maximum atomic E-state index is 6.11. The van der Waals surface area contributed by atoms with Gasteiger partial charge >= 0.3 is 0 Å². The molecule has 4 nitrogen and oxygen atoms in total. The zero-order valence-corrected chi connectivity index (χ0v) is 34.6. The predicted molar refractivity (Wildman–Crippen MR) is 214 cm³/mol. The smallest absolute Gasteiger partial charge is 0.0868 e. The van der Waals surface area contributed by atoms with Gasteiger partial charge in [0.1, 0.15) is 0 Å². The van der Waals surface area contributed by atoms with Gasteiger partial charge in [-0.25, -0.2) is 0 Å². The van der Waals surface area contributed by atoms with Crippen molar-refractivity contribution in [2.45, 2.75) is 186 Å². The minimum atomic E-state index is -0.295. The van der Waals surface area contributed by atoms with Crippen molar-refractivity contribution >= 4 is 17.1 Å². The molecule has 1 fully saturated rings. The molecule has 8 bridgehead atoms. The molecule has 0 aromatic rings. The van der Waals surface area contributed by atoms with Gasteiger partial charge in [0, 0.05) is 73.6 Å². The van der Waals surface area contributed by atoms with Crippen LogP contribution in [0.15, 0.2) is 49.3 Å². The average Bonchev–Trinajstić information content (AvgIpc) is 3.68. The molecule has 5 heterocycles. The highest BCUT2D eigenvalue weighted by Gasteiger charge is 2.64. The lowest BCUT2D eigenvalue weighted by Crippen LogP contribution is -2.54. The van der Waals surface area contributed by atoms with Crippen LogP contribution in [0.1, 0.15) is 174 Å². The molecular formula is C45H74N4. The van der Waals surface area contributed by atoms with Crippen LogP contribution in [0.2, 0.25) is 0 Å². The van der Waals surface area contributed by atoms with Crippen LogP contribution in [-0.4, -0.2) is 28.7 Å². The Balaban J connectivity index is 1.95. The van der Waals surface area contributed by atoms with E-state index in [4.69, 9.17) is 15.0 Å². The largest absolute Gasteiger partial charge is 0.361 e. The molecule has 4 heteroatoms. The van der Waals surface area contributed by atoms with Crippen LogP contribution in [0.3, 0.4) is 0 Å². The third-order valence-corrected chi connectivity index (χ3v) is 15.5. The van der Waals surface area contributed by atoms with Crippen LogP contribution < -0.4 is 5.32 Å². The molecule has 0 amide bonds. The maximum absolute atomic E-state index is 6.11. The van der Waals surface area contributed by atoms with Crippen molar-refractivity contribution in [1.29, 1.82) is 0 Å². The summed E-state index contributed by atoms with van der Waals surface area (Å²) < 4.78 is 0. The maximum Gasteiger partial charge on any atom is 0.0868 e. The molecule has 5 aliphatic rings. The quantitative estimate of drug-likeness (QED) is 0.234. The lowest BCUT2D eigenvalue weighted by molar-refractivity contribution is 0.0665. The summed E-state index contributed by atoms with van der Waals surface area (Å²) in [6, 6.07) is 0.141. The molecule has 0 aliphatic carbocycles. The number of hydrogen-bond donors (Lipinski definition) is 1. The standard InChI is InChI=1S/C45H74N4/c1-16-23-31-34-27-35-41(10,11)32(24-17-2)36(47-35)28(8)39-43(13,26-19-4)30(20-5)40(48-39)45(15)44(14,22-7)33(25-18-3)37(49-45)29(9)38(46-34)42(31,12)21-6/h27,30-33,40,46H,16-26H2,1-15H3/b34-27-,36-28-,38-29?/t30-,31+,32+,33+,40?,42-,43+,44-,45-/m0/s1. The van der Waals surface area contributed by atoms with Gasteiger partial charge in [-0.15, -0.1) is 0 Å². The number of nitrogens with one attached hydrogen (secondary N) is 1. The van der Waals surface area contributed by atoms with Gasteiger partial charge in [-0.05, 0) is 82.4 Å². The van der Waals surface area contributed by atoms with Gasteiger partial charge in [-0.2, -0.15) is 0 Å². The van der Waals surface area contributed by atoms with Gasteiger partial charge in [-0.1, -0.05) is 115 Å². The third-order valence-electron chi connectivity index (χ3n) is 15.5. The van der Waals surface area contributed by atoms with Crippen LogP contribution >= 0.6 is 0 Å². The van der Waals surface area contributed by atoms with E-state index in [1.165, 1.54) is 71.1 Å². The second-order valence-electron chi connectivity index (χ2n) is 18.3. The van der Waals surface area contributed by atoms with E-state index in [9.17, 15) is 0 Å². The molecule has 0 saturated carbocycles. The highest BCUT2D eigenvalue weighted by molar-refractivity contribution is 6.09. The van der Waals surface area contributed by atoms with Crippen molar-refractivity contribution in [3.05, 3.63) is 34.3 Å². The first-order valence-electron chi connectivity index (χ1n) is 20.7. The Labute approximate surface area is 302 Å². The molecule has 0 spiro atoms. The zero-order chi connectivity index (χ0) is 36.3. The molecule has 1 saturated heterocycles. The van der Waals surface area contributed by atoms with Crippen molar-refractivity contribution < 1.29 is 0 Å². The molecular weight excluding hydrogens is 597 g/mol. The number of aliphatic imine (C=N–C) groups is 3. The lowest BCUT2D eigenvalue weighted by Gasteiger charge is -2.48. The Bertz CT molecular complexity index is 1480. The Hall–Kier alpha value is -1.97. The molecule has 0 aromatic heterocycles. The number of nitrogens with zero attached hydrogens (tertiary/aromatic N) is 3. The molecule has 49 heavy (non-hydrogen) atoms. The molecule has 9 atom stereocenters. The molecule has 0 radical (unpaired) electrons. The van der Waals surface area contributed by atoms with E-state index in [0.29, 0.717) is 23.7 Å². The average molecular weight is 671 g/mol. The minimum absolute atomic E-state index is 0.00273. The van der Waals surface area contributed by atoms with Crippen LogP contribution in [0.25, 0.3) is 0 Å². The van der Waals surface area contributed by atoms with Crippen molar-refractivity contribution in [3.8, 4) is 0 Å². The van der Waals surface area contributed by atoms with E-state index in [1.807, 2.05) is 0 Å². The molecule has 5 rings (SSSR count). The first-order valence-corrected chi connectivity index (χ1v) is 20.7. The van der Waals surface area contributed by atoms with Gasteiger partial charge < -0.3 is 5.32 Å². The van der Waals surface area contributed by atoms with Crippen LogP contribution in [-0.2, 0) is 0 Å². The number of fused-ring (bicyclic) bond motifs is 6. The Morgan fingerprint density at radius 3 is 1.88 bits per heavy atom. The fraction of sp³-hybridized carbons (Fsp3) is 0.800. The molecule has 1 N–H and O–H groups in total. The van der Waals surface area contributed by atoms with E-state index in [-0.39, 0.29) is 33.2 Å². The molecule has 0 aromatic carbocycles. The van der Waals surface area contributed by atoms with E-state index in [0.717, 1.165) is 44.9 Å². The zero-order valence-electron chi connectivity index (χ0n) is 34.6. The minimum Gasteiger partial charge on any atom is -0.361 e. The Morgan fingerprint density at radius 2 is 1.33 bits per heavy atom. The normalized spacial score (nSPS) is 42.3. The van der Waals surface area contributed by atoms with E-state index in [2.05, 4.69) is 115 Å². The topological polar surface area (TPSA) is 49.1 Å². The SMILES string of the molecule is CCC[C@@H]1/C2=C(\C)C3=NC([C@H](CC)[C@@]3(C)CCC)[C@]3(C)N=C(C(C)=C4N/C(=C\C(=N2)C1(C)C)[C@@H](CCC)[C@]4(C)CC)[C@@H](CCC)[C@]3(C)CC. The van der Waals surface area contributed by atoms with Gasteiger partial charge in [0.2, 0.25) is 0 Å². The van der Waals surface area contributed by atoms with Gasteiger partial charge in [-0.3, -0.25) is 15.0 Å². The summed E-state index contributed by atoms with van der Waals surface area (Å²) in [4.78, 5) is 17.9. The fourth-order valence-electron chi connectivity index (χ4n) is 12.0. The van der Waals surface area contributed by atoms with Crippen LogP contribution in [0.4, 0.5) is 0 Å². The van der Waals surface area contributed by atoms with Crippen molar-refractivity contribution in [2.24, 2.45) is 60.3 Å². The highest BCUT2D eigenvalue weighted by atomic mass is 15.1.